The highest BCUT2D eigenvalue weighted by Crippen LogP contribution is 2.36. The van der Waals surface area contributed by atoms with E-state index in [4.69, 9.17) is 0 Å². The minimum Gasteiger partial charge on any atom is -0.342 e. The summed E-state index contributed by atoms with van der Waals surface area (Å²) in [4.78, 5) is 6.85. The molecule has 0 amide bonds. The third kappa shape index (κ3) is 1.60. The van der Waals surface area contributed by atoms with E-state index in [1.54, 1.807) is 0 Å². The van der Waals surface area contributed by atoms with Gasteiger partial charge in [0, 0.05) is 28.2 Å². The maximum atomic E-state index is 9.23. The molecule has 92 valence electrons. The Balaban J connectivity index is 2.05. The summed E-state index contributed by atoms with van der Waals surface area (Å²) in [6.45, 7) is 5.22. The van der Waals surface area contributed by atoms with E-state index in [0.717, 1.165) is 24.6 Å². The summed E-state index contributed by atoms with van der Waals surface area (Å²) in [5, 5.41) is 10.2. The smallest absolute Gasteiger partial charge is 0.178 e. The monoisotopic (exact) mass is 251 g/mol. The van der Waals surface area contributed by atoms with Crippen molar-refractivity contribution >= 4 is 15.9 Å². The predicted octanol–water partition coefficient (Wildman–Crippen LogP) is 2.24. The van der Waals surface area contributed by atoms with Gasteiger partial charge in [-0.25, -0.2) is 4.99 Å². The Hall–Kier alpha value is -0.940. The first-order valence-corrected chi connectivity index (χ1v) is 7.12. The van der Waals surface area contributed by atoms with Crippen LogP contribution < -0.4 is 0 Å². The van der Waals surface area contributed by atoms with E-state index in [0.29, 0.717) is 6.04 Å². The summed E-state index contributed by atoms with van der Waals surface area (Å²) in [5.74, 6) is 0. The number of hydrogen-bond donors (Lipinski definition) is 1. The van der Waals surface area contributed by atoms with Crippen molar-refractivity contribution in [1.29, 1.82) is 0 Å². The SMILES string of the molecule is CC1(C)CN2C(=NC=C3C=CCCC32)S1=NO. The fraction of sp³-hybridized carbons (Fsp3) is 0.583. The van der Waals surface area contributed by atoms with Crippen molar-refractivity contribution in [2.24, 2.45) is 9.52 Å². The predicted molar refractivity (Wildman–Crippen MR) is 70.0 cm³/mol. The fourth-order valence-corrected chi connectivity index (χ4v) is 4.37. The maximum Gasteiger partial charge on any atom is 0.178 e. The summed E-state index contributed by atoms with van der Waals surface area (Å²) >= 11 is 0. The molecule has 17 heavy (non-hydrogen) atoms. The molecular formula is C12H17N3OS. The van der Waals surface area contributed by atoms with Gasteiger partial charge in [-0.3, -0.25) is 5.21 Å². The molecular weight excluding hydrogens is 234 g/mol. The molecule has 2 aliphatic heterocycles. The van der Waals surface area contributed by atoms with Crippen LogP contribution in [0, 0.1) is 0 Å². The number of fused-ring (bicyclic) bond motifs is 3. The van der Waals surface area contributed by atoms with Gasteiger partial charge in [-0.2, -0.15) is 0 Å². The Morgan fingerprint density at radius 1 is 1.59 bits per heavy atom. The molecule has 0 bridgehead atoms. The molecule has 0 aromatic carbocycles. The zero-order valence-corrected chi connectivity index (χ0v) is 10.9. The van der Waals surface area contributed by atoms with E-state index in [9.17, 15) is 5.21 Å². The van der Waals surface area contributed by atoms with E-state index < -0.39 is 10.7 Å². The fourth-order valence-electron chi connectivity index (χ4n) is 2.76. The lowest BCUT2D eigenvalue weighted by Gasteiger charge is -2.34. The quantitative estimate of drug-likeness (QED) is 0.671. The van der Waals surface area contributed by atoms with Crippen LogP contribution in [-0.4, -0.2) is 32.6 Å². The molecule has 1 aliphatic carbocycles. The van der Waals surface area contributed by atoms with E-state index >= 15 is 0 Å². The van der Waals surface area contributed by atoms with Gasteiger partial charge in [0.05, 0.1) is 6.04 Å². The van der Waals surface area contributed by atoms with Gasteiger partial charge in [-0.1, -0.05) is 12.2 Å². The summed E-state index contributed by atoms with van der Waals surface area (Å²) in [6.07, 6.45) is 8.59. The second-order valence-corrected chi connectivity index (χ2v) is 7.49. The van der Waals surface area contributed by atoms with Crippen molar-refractivity contribution in [3.05, 3.63) is 23.9 Å². The second-order valence-electron chi connectivity index (χ2n) is 5.29. The van der Waals surface area contributed by atoms with Crippen LogP contribution in [0.2, 0.25) is 0 Å². The van der Waals surface area contributed by atoms with Crippen LogP contribution in [0.15, 0.2) is 33.4 Å². The van der Waals surface area contributed by atoms with Crippen molar-refractivity contribution < 1.29 is 5.21 Å². The van der Waals surface area contributed by atoms with Crippen LogP contribution >= 0.6 is 0 Å². The zero-order valence-electron chi connectivity index (χ0n) is 10.1. The van der Waals surface area contributed by atoms with Gasteiger partial charge in [-0.15, -0.1) is 4.53 Å². The van der Waals surface area contributed by atoms with E-state index in [1.165, 1.54) is 5.57 Å². The molecule has 0 aromatic rings. The van der Waals surface area contributed by atoms with Crippen molar-refractivity contribution in [3.8, 4) is 0 Å². The lowest BCUT2D eigenvalue weighted by atomic mass is 9.94. The topological polar surface area (TPSA) is 48.2 Å². The van der Waals surface area contributed by atoms with E-state index in [1.807, 2.05) is 6.20 Å². The Morgan fingerprint density at radius 2 is 2.41 bits per heavy atom. The van der Waals surface area contributed by atoms with E-state index in [2.05, 4.69) is 40.4 Å². The first kappa shape index (κ1) is 11.2. The Bertz CT molecular complexity index is 476. The highest BCUT2D eigenvalue weighted by atomic mass is 32.2. The molecule has 1 fully saturated rings. The average molecular weight is 251 g/mol. The summed E-state index contributed by atoms with van der Waals surface area (Å²) in [6, 6.07) is 0.436. The van der Waals surface area contributed by atoms with Crippen molar-refractivity contribution in [2.45, 2.75) is 37.5 Å². The normalized spacial score (nSPS) is 34.2. The average Bonchev–Trinajstić information content (AvgIpc) is 2.59. The molecule has 3 rings (SSSR count). The molecule has 0 aromatic heterocycles. The Labute approximate surface area is 104 Å². The van der Waals surface area contributed by atoms with Gasteiger partial charge in [0.15, 0.2) is 5.17 Å². The molecule has 4 nitrogen and oxygen atoms in total. The van der Waals surface area contributed by atoms with Crippen LogP contribution in [0.3, 0.4) is 0 Å². The second kappa shape index (κ2) is 3.78. The van der Waals surface area contributed by atoms with Gasteiger partial charge in [-0.05, 0) is 32.3 Å². The van der Waals surface area contributed by atoms with Gasteiger partial charge >= 0.3 is 0 Å². The van der Waals surface area contributed by atoms with Gasteiger partial charge in [0.25, 0.3) is 0 Å². The minimum absolute atomic E-state index is 0.0158. The molecule has 0 spiro atoms. The molecule has 1 saturated heterocycles. The Kier molecular flexibility index (Phi) is 2.48. The van der Waals surface area contributed by atoms with Crippen LogP contribution in [0.4, 0.5) is 0 Å². The van der Waals surface area contributed by atoms with Gasteiger partial charge in [0.2, 0.25) is 0 Å². The van der Waals surface area contributed by atoms with Crippen molar-refractivity contribution in [2.75, 3.05) is 6.54 Å². The van der Waals surface area contributed by atoms with Crippen LogP contribution in [0.1, 0.15) is 26.7 Å². The molecule has 1 N–H and O–H groups in total. The van der Waals surface area contributed by atoms with Gasteiger partial charge in [0.1, 0.15) is 0 Å². The lowest BCUT2D eigenvalue weighted by Crippen LogP contribution is -2.41. The third-order valence-electron chi connectivity index (χ3n) is 3.58. The molecule has 2 atom stereocenters. The number of hydrogen-bond acceptors (Lipinski definition) is 3. The number of amidine groups is 1. The summed E-state index contributed by atoms with van der Waals surface area (Å²) < 4.78 is 3.55. The number of allylic oxidation sites excluding steroid dienone is 1. The zero-order chi connectivity index (χ0) is 12.0. The lowest BCUT2D eigenvalue weighted by molar-refractivity contribution is 0.319. The Morgan fingerprint density at radius 3 is 3.18 bits per heavy atom. The third-order valence-corrected chi connectivity index (χ3v) is 5.60. The summed E-state index contributed by atoms with van der Waals surface area (Å²) in [7, 11) is -0.488. The van der Waals surface area contributed by atoms with Crippen LogP contribution in [0.25, 0.3) is 0 Å². The largest absolute Gasteiger partial charge is 0.342 e. The molecule has 0 radical (unpaired) electrons. The van der Waals surface area contributed by atoms with E-state index in [-0.39, 0.29) is 4.75 Å². The number of nitrogens with zero attached hydrogens (tertiary/aromatic N) is 3. The van der Waals surface area contributed by atoms with Crippen molar-refractivity contribution in [3.63, 3.8) is 0 Å². The van der Waals surface area contributed by atoms with Crippen molar-refractivity contribution in [1.82, 2.24) is 4.90 Å². The highest BCUT2D eigenvalue weighted by Gasteiger charge is 2.45. The highest BCUT2D eigenvalue weighted by molar-refractivity contribution is 8.04. The molecule has 2 unspecified atom stereocenters. The first-order valence-electron chi connectivity index (χ1n) is 5.94. The molecule has 0 saturated carbocycles. The first-order chi connectivity index (χ1) is 8.13. The molecule has 5 heteroatoms. The number of rotatable bonds is 0. The summed E-state index contributed by atoms with van der Waals surface area (Å²) in [5.41, 5.74) is 1.29. The maximum absolute atomic E-state index is 9.23. The number of aliphatic imine (C=N–C) groups is 1. The standard InChI is InChI=1S/C12H17N3OS/c1-12(2)8-15-10-6-4-3-5-9(10)7-13-11(15)17(12)14-16/h3,5,7,10,16H,4,6,8H2,1-2H3. The van der Waals surface area contributed by atoms with Gasteiger partial charge < -0.3 is 4.90 Å². The molecule has 3 aliphatic rings. The van der Waals surface area contributed by atoms with Crippen LogP contribution in [0.5, 0.6) is 0 Å². The minimum atomic E-state index is -0.488. The molecule has 2 heterocycles. The van der Waals surface area contributed by atoms with Crippen LogP contribution in [-0.2, 0) is 10.7 Å².